The number of anilines is 2. The zero-order valence-corrected chi connectivity index (χ0v) is 19.4. The van der Waals surface area contributed by atoms with Gasteiger partial charge in [0.2, 0.25) is 5.91 Å². The number of H-pyrrole nitrogens is 2. The zero-order valence-electron chi connectivity index (χ0n) is 19.4. The minimum absolute atomic E-state index is 0.196. The number of rotatable bonds is 8. The molecule has 0 saturated carbocycles. The summed E-state index contributed by atoms with van der Waals surface area (Å²) < 4.78 is 0. The van der Waals surface area contributed by atoms with Gasteiger partial charge in [-0.3, -0.25) is 14.7 Å². The zero-order chi connectivity index (χ0) is 25.1. The molecule has 0 bridgehead atoms. The number of nitrogens with one attached hydrogen (secondary N) is 3. The van der Waals surface area contributed by atoms with Crippen LogP contribution in [-0.4, -0.2) is 32.0 Å². The fourth-order valence-corrected chi connectivity index (χ4v) is 4.22. The maximum absolute atomic E-state index is 12.7. The maximum Gasteiger partial charge on any atom is 0.250 e. The molecule has 5 aromatic rings. The molecule has 0 aliphatic carbocycles. The lowest BCUT2D eigenvalue weighted by Crippen LogP contribution is -2.21. The van der Waals surface area contributed by atoms with Crippen LogP contribution in [0.15, 0.2) is 72.9 Å². The number of nitrogen functional groups attached to an aromatic ring is 1. The van der Waals surface area contributed by atoms with Gasteiger partial charge < -0.3 is 21.8 Å². The molecule has 0 saturated heterocycles. The number of aryl methyl sites for hydroxylation is 2. The van der Waals surface area contributed by atoms with Gasteiger partial charge in [0.25, 0.3) is 5.91 Å². The Bertz CT molecular complexity index is 1550. The number of nitrogens with two attached hydrogens (primary N) is 2. The summed E-state index contributed by atoms with van der Waals surface area (Å²) in [7, 11) is 0. The van der Waals surface area contributed by atoms with Gasteiger partial charge in [-0.25, -0.2) is 4.98 Å². The van der Waals surface area contributed by atoms with Crippen molar-refractivity contribution in [2.75, 3.05) is 11.1 Å². The number of nitrogens with zero attached hydrogens (tertiary/aromatic N) is 2. The number of aromatic amines is 2. The van der Waals surface area contributed by atoms with Crippen molar-refractivity contribution in [3.8, 4) is 11.3 Å². The number of para-hydroxylation sites is 1. The van der Waals surface area contributed by atoms with Crippen LogP contribution in [0.4, 0.5) is 11.5 Å². The molecule has 2 aromatic heterocycles. The second-order valence-corrected chi connectivity index (χ2v) is 8.53. The average Bonchev–Trinajstić information content (AvgIpc) is 3.50. The van der Waals surface area contributed by atoms with Crippen molar-refractivity contribution in [2.45, 2.75) is 19.3 Å². The first-order valence-corrected chi connectivity index (χ1v) is 11.5. The highest BCUT2D eigenvalue weighted by atomic mass is 16.2. The quantitative estimate of drug-likeness (QED) is 0.230. The molecule has 0 spiro atoms. The van der Waals surface area contributed by atoms with Gasteiger partial charge in [0.05, 0.1) is 35.1 Å². The fraction of sp³-hybridized carbons (Fsp3) is 0.111. The van der Waals surface area contributed by atoms with E-state index in [0.717, 1.165) is 39.1 Å². The van der Waals surface area contributed by atoms with E-state index >= 15 is 0 Å². The lowest BCUT2D eigenvalue weighted by atomic mass is 10.0. The van der Waals surface area contributed by atoms with E-state index in [9.17, 15) is 9.59 Å². The van der Waals surface area contributed by atoms with Gasteiger partial charge >= 0.3 is 0 Å². The van der Waals surface area contributed by atoms with Crippen LogP contribution in [0.1, 0.15) is 27.3 Å². The van der Waals surface area contributed by atoms with Gasteiger partial charge in [0.1, 0.15) is 5.82 Å². The minimum atomic E-state index is -0.595. The van der Waals surface area contributed by atoms with Crippen LogP contribution in [0.3, 0.4) is 0 Å². The predicted octanol–water partition coefficient (Wildman–Crippen LogP) is 3.60. The van der Waals surface area contributed by atoms with Crippen molar-refractivity contribution in [1.29, 1.82) is 0 Å². The molecule has 7 N–H and O–H groups in total. The summed E-state index contributed by atoms with van der Waals surface area (Å²) in [5, 5.41) is 10.7. The Morgan fingerprint density at radius 2 is 1.81 bits per heavy atom. The van der Waals surface area contributed by atoms with Gasteiger partial charge in [-0.1, -0.05) is 48.5 Å². The summed E-state index contributed by atoms with van der Waals surface area (Å²) in [6.45, 7) is 0. The van der Waals surface area contributed by atoms with Crippen LogP contribution in [0, 0.1) is 0 Å². The molecule has 0 atom stereocenters. The lowest BCUT2D eigenvalue weighted by Gasteiger charge is -2.14. The summed E-state index contributed by atoms with van der Waals surface area (Å²) in [4.78, 5) is 32.7. The first kappa shape index (κ1) is 22.9. The molecule has 3 aromatic carbocycles. The van der Waals surface area contributed by atoms with E-state index in [1.165, 1.54) is 0 Å². The fourth-order valence-electron chi connectivity index (χ4n) is 4.22. The van der Waals surface area contributed by atoms with Crippen LogP contribution >= 0.6 is 0 Å². The third kappa shape index (κ3) is 4.80. The summed E-state index contributed by atoms with van der Waals surface area (Å²) in [5.74, 6) is 0.431. The maximum atomic E-state index is 12.7. The highest BCUT2D eigenvalue weighted by Crippen LogP contribution is 2.26. The molecule has 0 unspecified atom stereocenters. The highest BCUT2D eigenvalue weighted by Gasteiger charge is 2.16. The first-order chi connectivity index (χ1) is 17.5. The molecule has 180 valence electrons. The lowest BCUT2D eigenvalue weighted by molar-refractivity contribution is -0.115. The number of amides is 2. The monoisotopic (exact) mass is 479 g/mol. The Kier molecular flexibility index (Phi) is 6.19. The summed E-state index contributed by atoms with van der Waals surface area (Å²) in [6, 6.07) is 20.5. The van der Waals surface area contributed by atoms with E-state index < -0.39 is 5.91 Å². The molecule has 9 heteroatoms. The normalized spacial score (nSPS) is 11.0. The van der Waals surface area contributed by atoms with Gasteiger partial charge in [-0.05, 0) is 35.7 Å². The second-order valence-electron chi connectivity index (χ2n) is 8.53. The molecule has 5 rings (SSSR count). The van der Waals surface area contributed by atoms with Gasteiger partial charge in [0, 0.05) is 17.4 Å². The number of benzene rings is 3. The second kappa shape index (κ2) is 9.75. The Labute approximate surface area is 206 Å². The van der Waals surface area contributed by atoms with Crippen molar-refractivity contribution >= 4 is 34.2 Å². The average molecular weight is 480 g/mol. The molecule has 2 amide bonds. The van der Waals surface area contributed by atoms with Gasteiger partial charge in [-0.15, -0.1) is 0 Å². The van der Waals surface area contributed by atoms with Gasteiger partial charge in [-0.2, -0.15) is 5.10 Å². The molecule has 0 aliphatic heterocycles. The molecular formula is C27H25N7O2. The summed E-state index contributed by atoms with van der Waals surface area (Å²) in [5.41, 5.74) is 16.5. The number of primary amides is 1. The van der Waals surface area contributed by atoms with Crippen LogP contribution in [-0.2, 0) is 24.1 Å². The minimum Gasteiger partial charge on any atom is -0.382 e. The van der Waals surface area contributed by atoms with E-state index in [0.29, 0.717) is 24.3 Å². The highest BCUT2D eigenvalue weighted by molar-refractivity contribution is 6.04. The van der Waals surface area contributed by atoms with Crippen molar-refractivity contribution in [2.24, 2.45) is 5.73 Å². The molecular weight excluding hydrogens is 454 g/mol. The molecule has 9 nitrogen and oxygen atoms in total. The van der Waals surface area contributed by atoms with Crippen molar-refractivity contribution in [1.82, 2.24) is 20.2 Å². The third-order valence-electron chi connectivity index (χ3n) is 6.05. The predicted molar refractivity (Wildman–Crippen MR) is 139 cm³/mol. The van der Waals surface area contributed by atoms with E-state index in [1.807, 2.05) is 54.6 Å². The summed E-state index contributed by atoms with van der Waals surface area (Å²) in [6.07, 6.45) is 3.09. The molecule has 2 heterocycles. The number of carbonyl (C=O) groups is 2. The third-order valence-corrected chi connectivity index (χ3v) is 6.05. The Morgan fingerprint density at radius 3 is 2.61 bits per heavy atom. The standard InChI is InChI=1S/C27H25N7O2/c28-26-19-11-9-18(14-21(19)33-34-26)22-15-30-23(31-22)12-10-17-7-4-8-20(27(29)36)25(17)32-24(35)13-16-5-2-1-3-6-16/h1-9,11,14-15H,10,12-13H2,(H2,29,36)(H,30,31)(H,32,35)(H3,28,33,34). The number of aromatic nitrogens is 4. The van der Waals surface area contributed by atoms with E-state index in [-0.39, 0.29) is 17.9 Å². The molecule has 0 fully saturated rings. The number of fused-ring (bicyclic) bond motifs is 1. The molecule has 36 heavy (non-hydrogen) atoms. The Hall–Kier alpha value is -4.92. The first-order valence-electron chi connectivity index (χ1n) is 11.5. The van der Waals surface area contributed by atoms with E-state index in [2.05, 4.69) is 25.5 Å². The van der Waals surface area contributed by atoms with Crippen LogP contribution in [0.25, 0.3) is 22.2 Å². The topological polar surface area (TPSA) is 156 Å². The van der Waals surface area contributed by atoms with Gasteiger partial charge in [0.15, 0.2) is 5.82 Å². The van der Waals surface area contributed by atoms with Crippen LogP contribution in [0.5, 0.6) is 0 Å². The van der Waals surface area contributed by atoms with Crippen molar-refractivity contribution in [3.05, 3.63) is 95.4 Å². The SMILES string of the molecule is NC(=O)c1cccc(CCc2ncc(-c3ccc4c(N)n[nH]c4c3)[nH]2)c1NC(=O)Cc1ccccc1. The smallest absolute Gasteiger partial charge is 0.250 e. The van der Waals surface area contributed by atoms with E-state index in [1.54, 1.807) is 18.3 Å². The van der Waals surface area contributed by atoms with Crippen molar-refractivity contribution in [3.63, 3.8) is 0 Å². The Morgan fingerprint density at radius 1 is 0.972 bits per heavy atom. The molecule has 0 radical (unpaired) electrons. The number of imidazole rings is 1. The summed E-state index contributed by atoms with van der Waals surface area (Å²) >= 11 is 0. The largest absolute Gasteiger partial charge is 0.382 e. The molecule has 0 aliphatic rings. The Balaban J connectivity index is 1.33. The number of hydrogen-bond donors (Lipinski definition) is 5. The van der Waals surface area contributed by atoms with E-state index in [4.69, 9.17) is 11.5 Å². The van der Waals surface area contributed by atoms with Crippen LogP contribution < -0.4 is 16.8 Å². The number of carbonyl (C=O) groups excluding carboxylic acids is 2. The van der Waals surface area contributed by atoms with Crippen molar-refractivity contribution < 1.29 is 9.59 Å². The number of hydrogen-bond acceptors (Lipinski definition) is 5. The van der Waals surface area contributed by atoms with Crippen LogP contribution in [0.2, 0.25) is 0 Å².